The van der Waals surface area contributed by atoms with Crippen LogP contribution in [-0.2, 0) is 6.42 Å². The van der Waals surface area contributed by atoms with Crippen LogP contribution in [0.4, 0.5) is 8.78 Å². The summed E-state index contributed by atoms with van der Waals surface area (Å²) in [6.45, 7) is 0. The van der Waals surface area contributed by atoms with Crippen molar-refractivity contribution in [3.63, 3.8) is 0 Å². The zero-order valence-corrected chi connectivity index (χ0v) is 13.3. The lowest BCUT2D eigenvalue weighted by Gasteiger charge is -2.18. The first-order valence-corrected chi connectivity index (χ1v) is 7.32. The zero-order valence-electron chi connectivity index (χ0n) is 10.3. The Bertz CT molecular complexity index is 622. The number of nitrogens with two attached hydrogens (primary N) is 1. The molecular formula is C14H12ClF2IN2. The lowest BCUT2D eigenvalue weighted by atomic mass is 9.99. The molecule has 0 aromatic heterocycles. The molecule has 0 heterocycles. The van der Waals surface area contributed by atoms with Gasteiger partial charge in [0.05, 0.1) is 11.1 Å². The number of benzene rings is 2. The predicted molar refractivity (Wildman–Crippen MR) is 84.3 cm³/mol. The maximum absolute atomic E-state index is 13.1. The van der Waals surface area contributed by atoms with Crippen molar-refractivity contribution in [1.82, 2.24) is 5.43 Å². The summed E-state index contributed by atoms with van der Waals surface area (Å²) in [7, 11) is 0. The van der Waals surface area contributed by atoms with Crippen molar-refractivity contribution in [3.8, 4) is 0 Å². The first-order chi connectivity index (χ1) is 9.51. The Balaban J connectivity index is 2.26. The van der Waals surface area contributed by atoms with E-state index in [1.807, 2.05) is 0 Å². The van der Waals surface area contributed by atoms with Crippen LogP contribution in [0.2, 0.25) is 5.02 Å². The molecule has 2 rings (SSSR count). The topological polar surface area (TPSA) is 38.0 Å². The van der Waals surface area contributed by atoms with E-state index in [2.05, 4.69) is 28.0 Å². The third-order valence-electron chi connectivity index (χ3n) is 2.96. The molecule has 0 fully saturated rings. The van der Waals surface area contributed by atoms with Gasteiger partial charge >= 0.3 is 0 Å². The average molecular weight is 409 g/mol. The SMILES string of the molecule is NNC(Cc1ccc(F)c(Cl)c1)c1ccc(F)cc1I. The lowest BCUT2D eigenvalue weighted by Crippen LogP contribution is -2.30. The fourth-order valence-electron chi connectivity index (χ4n) is 1.95. The predicted octanol–water partition coefficient (Wildman–Crippen LogP) is 3.97. The number of halogens is 4. The van der Waals surface area contributed by atoms with Crippen molar-refractivity contribution in [1.29, 1.82) is 0 Å². The van der Waals surface area contributed by atoms with Gasteiger partial charge in [0.1, 0.15) is 11.6 Å². The van der Waals surface area contributed by atoms with E-state index in [-0.39, 0.29) is 16.9 Å². The first-order valence-electron chi connectivity index (χ1n) is 5.86. The summed E-state index contributed by atoms with van der Waals surface area (Å²) < 4.78 is 27.0. The molecule has 3 N–H and O–H groups in total. The smallest absolute Gasteiger partial charge is 0.141 e. The molecule has 0 spiro atoms. The Morgan fingerprint density at radius 1 is 1.20 bits per heavy atom. The van der Waals surface area contributed by atoms with Gasteiger partial charge in [0, 0.05) is 3.57 Å². The standard InChI is InChI=1S/C14H12ClF2IN2/c15-11-5-8(1-4-12(11)17)6-14(20-19)10-3-2-9(16)7-13(10)18/h1-5,7,14,20H,6,19H2. The Morgan fingerprint density at radius 3 is 2.55 bits per heavy atom. The highest BCUT2D eigenvalue weighted by atomic mass is 127. The second kappa shape index (κ2) is 6.80. The molecule has 1 atom stereocenters. The minimum absolute atomic E-state index is 0.0760. The van der Waals surface area contributed by atoms with Crippen LogP contribution in [0.15, 0.2) is 36.4 Å². The Kier molecular flexibility index (Phi) is 5.31. The summed E-state index contributed by atoms with van der Waals surface area (Å²) in [5, 5.41) is 0.0760. The van der Waals surface area contributed by atoms with E-state index in [0.717, 1.165) is 14.7 Å². The van der Waals surface area contributed by atoms with E-state index in [9.17, 15) is 8.78 Å². The molecule has 2 aromatic carbocycles. The number of nitrogens with one attached hydrogen (secondary N) is 1. The van der Waals surface area contributed by atoms with Crippen molar-refractivity contribution in [2.45, 2.75) is 12.5 Å². The average Bonchev–Trinajstić information content (AvgIpc) is 2.41. The van der Waals surface area contributed by atoms with Crippen LogP contribution in [0.1, 0.15) is 17.2 Å². The van der Waals surface area contributed by atoms with E-state index >= 15 is 0 Å². The van der Waals surface area contributed by atoms with Crippen molar-refractivity contribution in [2.75, 3.05) is 0 Å². The number of hydrazine groups is 1. The minimum atomic E-state index is -0.455. The molecule has 6 heteroatoms. The molecule has 0 amide bonds. The normalized spacial score (nSPS) is 12.4. The zero-order chi connectivity index (χ0) is 14.7. The number of hydrogen-bond donors (Lipinski definition) is 2. The van der Waals surface area contributed by atoms with E-state index in [1.54, 1.807) is 18.2 Å². The number of rotatable bonds is 4. The van der Waals surface area contributed by atoms with Crippen LogP contribution in [-0.4, -0.2) is 0 Å². The molecular weight excluding hydrogens is 397 g/mol. The van der Waals surface area contributed by atoms with E-state index in [0.29, 0.717) is 6.42 Å². The lowest BCUT2D eigenvalue weighted by molar-refractivity contribution is 0.545. The third-order valence-corrected chi connectivity index (χ3v) is 4.19. The van der Waals surface area contributed by atoms with Crippen LogP contribution >= 0.6 is 34.2 Å². The van der Waals surface area contributed by atoms with Crippen molar-refractivity contribution < 1.29 is 8.78 Å². The fraction of sp³-hybridized carbons (Fsp3) is 0.143. The van der Waals surface area contributed by atoms with Gasteiger partial charge < -0.3 is 0 Å². The molecule has 2 nitrogen and oxygen atoms in total. The van der Waals surface area contributed by atoms with Gasteiger partial charge in [-0.2, -0.15) is 0 Å². The number of hydrogen-bond acceptors (Lipinski definition) is 2. The Labute approximate surface area is 134 Å². The van der Waals surface area contributed by atoms with E-state index in [4.69, 9.17) is 17.4 Å². The summed E-state index contributed by atoms with van der Waals surface area (Å²) >= 11 is 7.82. The molecule has 106 valence electrons. The summed E-state index contributed by atoms with van der Waals surface area (Å²) in [5.41, 5.74) is 4.43. The van der Waals surface area contributed by atoms with E-state index < -0.39 is 5.82 Å². The fourth-order valence-corrected chi connectivity index (χ4v) is 3.00. The molecule has 0 saturated carbocycles. The summed E-state index contributed by atoms with van der Waals surface area (Å²) in [4.78, 5) is 0. The van der Waals surface area contributed by atoms with E-state index in [1.165, 1.54) is 18.2 Å². The largest absolute Gasteiger partial charge is 0.271 e. The van der Waals surface area contributed by atoms with Crippen LogP contribution < -0.4 is 11.3 Å². The van der Waals surface area contributed by atoms with Gasteiger partial charge in [-0.3, -0.25) is 11.3 Å². The van der Waals surface area contributed by atoms with Crippen molar-refractivity contribution in [2.24, 2.45) is 5.84 Å². The van der Waals surface area contributed by atoms with Gasteiger partial charge in [-0.1, -0.05) is 23.7 Å². The maximum Gasteiger partial charge on any atom is 0.141 e. The quantitative estimate of drug-likeness (QED) is 0.456. The van der Waals surface area contributed by atoms with Crippen LogP contribution in [0, 0.1) is 15.2 Å². The molecule has 0 aliphatic carbocycles. The van der Waals surface area contributed by atoms with Gasteiger partial charge in [-0.15, -0.1) is 0 Å². The molecule has 20 heavy (non-hydrogen) atoms. The molecule has 0 bridgehead atoms. The second-order valence-corrected chi connectivity index (χ2v) is 5.91. The third kappa shape index (κ3) is 3.66. The summed E-state index contributed by atoms with van der Waals surface area (Å²) in [6.07, 6.45) is 0.526. The van der Waals surface area contributed by atoms with Crippen molar-refractivity contribution >= 4 is 34.2 Å². The van der Waals surface area contributed by atoms with Gasteiger partial charge in [-0.05, 0) is 64.4 Å². The molecule has 2 aromatic rings. The van der Waals surface area contributed by atoms with Crippen LogP contribution in [0.25, 0.3) is 0 Å². The van der Waals surface area contributed by atoms with Gasteiger partial charge in [0.15, 0.2) is 0 Å². The molecule has 0 aliphatic heterocycles. The summed E-state index contributed by atoms with van der Waals surface area (Å²) in [5.74, 6) is 4.83. The Morgan fingerprint density at radius 2 is 1.95 bits per heavy atom. The highest BCUT2D eigenvalue weighted by molar-refractivity contribution is 14.1. The van der Waals surface area contributed by atoms with Crippen LogP contribution in [0.3, 0.4) is 0 Å². The maximum atomic E-state index is 13.1. The minimum Gasteiger partial charge on any atom is -0.271 e. The van der Waals surface area contributed by atoms with Gasteiger partial charge in [-0.25, -0.2) is 8.78 Å². The Hall–Kier alpha value is -0.760. The summed E-state index contributed by atoms with van der Waals surface area (Å²) in [6, 6.07) is 8.86. The van der Waals surface area contributed by atoms with Gasteiger partial charge in [0.25, 0.3) is 0 Å². The van der Waals surface area contributed by atoms with Crippen LogP contribution in [0.5, 0.6) is 0 Å². The van der Waals surface area contributed by atoms with Crippen molar-refractivity contribution in [3.05, 3.63) is 67.8 Å². The molecule has 0 aliphatic rings. The highest BCUT2D eigenvalue weighted by Gasteiger charge is 2.15. The monoisotopic (exact) mass is 408 g/mol. The van der Waals surface area contributed by atoms with Gasteiger partial charge in [0.2, 0.25) is 0 Å². The molecule has 1 unspecified atom stereocenters. The first kappa shape index (κ1) is 15.6. The molecule has 0 radical (unpaired) electrons. The second-order valence-electron chi connectivity index (χ2n) is 4.34. The molecule has 0 saturated heterocycles. The highest BCUT2D eigenvalue weighted by Crippen LogP contribution is 2.25.